The van der Waals surface area contributed by atoms with Crippen molar-refractivity contribution in [3.05, 3.63) is 216 Å². The zero-order chi connectivity index (χ0) is 38.7. The molecule has 0 atom stereocenters. The van der Waals surface area contributed by atoms with Gasteiger partial charge in [-0.1, -0.05) is 164 Å². The van der Waals surface area contributed by atoms with E-state index in [1.165, 1.54) is 59.6 Å². The molecule has 3 heterocycles. The fraction of sp³-hybridized carbons (Fsp3) is 0.0182. The molecule has 13 rings (SSSR count). The highest BCUT2D eigenvalue weighted by Crippen LogP contribution is 2.64. The second kappa shape index (κ2) is 12.3. The molecular weight excluding hydrogens is 737 g/mol. The molecular formula is C55H32N2OS. The van der Waals surface area contributed by atoms with Crippen molar-refractivity contribution in [1.29, 1.82) is 0 Å². The van der Waals surface area contributed by atoms with Crippen LogP contribution in [0.4, 0.5) is 0 Å². The summed E-state index contributed by atoms with van der Waals surface area (Å²) >= 11 is 1.78. The Hall–Kier alpha value is -7.40. The zero-order valence-electron chi connectivity index (χ0n) is 31.7. The van der Waals surface area contributed by atoms with Crippen LogP contribution in [0.15, 0.2) is 194 Å². The van der Waals surface area contributed by atoms with Gasteiger partial charge in [0, 0.05) is 32.3 Å². The van der Waals surface area contributed by atoms with Gasteiger partial charge < -0.3 is 4.74 Å². The van der Waals surface area contributed by atoms with Crippen LogP contribution >= 0.6 is 11.3 Å². The van der Waals surface area contributed by atoms with Crippen LogP contribution < -0.4 is 4.74 Å². The van der Waals surface area contributed by atoms with Crippen LogP contribution in [0.25, 0.3) is 86.7 Å². The Morgan fingerprint density at radius 1 is 0.424 bits per heavy atom. The highest BCUT2D eigenvalue weighted by molar-refractivity contribution is 7.26. The summed E-state index contributed by atoms with van der Waals surface area (Å²) in [6.07, 6.45) is 0. The summed E-state index contributed by atoms with van der Waals surface area (Å²) in [5.74, 6) is 2.48. The normalized spacial score (nSPS) is 13.4. The first kappa shape index (κ1) is 32.7. The second-order valence-corrected chi connectivity index (χ2v) is 16.6. The van der Waals surface area contributed by atoms with Gasteiger partial charge in [0.25, 0.3) is 0 Å². The lowest BCUT2D eigenvalue weighted by molar-refractivity contribution is 0.436. The molecule has 1 aliphatic heterocycles. The van der Waals surface area contributed by atoms with Gasteiger partial charge in [-0.15, -0.1) is 11.3 Å². The third kappa shape index (κ3) is 4.58. The van der Waals surface area contributed by atoms with Crippen LogP contribution in [-0.2, 0) is 5.41 Å². The topological polar surface area (TPSA) is 35.0 Å². The minimum Gasteiger partial charge on any atom is -0.457 e. The molecule has 59 heavy (non-hydrogen) atoms. The van der Waals surface area contributed by atoms with Crippen molar-refractivity contribution in [2.75, 3.05) is 0 Å². The Balaban J connectivity index is 1.10. The van der Waals surface area contributed by atoms with Crippen LogP contribution in [0.2, 0.25) is 0 Å². The number of para-hydroxylation sites is 2. The number of benzene rings is 9. The molecule has 4 heteroatoms. The number of thiophene rings is 1. The summed E-state index contributed by atoms with van der Waals surface area (Å²) in [7, 11) is 0. The number of fused-ring (bicyclic) bond motifs is 14. The Morgan fingerprint density at radius 2 is 1.02 bits per heavy atom. The van der Waals surface area contributed by atoms with Gasteiger partial charge in [-0.25, -0.2) is 9.97 Å². The molecule has 0 N–H and O–H groups in total. The van der Waals surface area contributed by atoms with Crippen molar-refractivity contribution < 1.29 is 4.74 Å². The summed E-state index contributed by atoms with van der Waals surface area (Å²) in [5, 5.41) is 6.04. The predicted octanol–water partition coefficient (Wildman–Crippen LogP) is 14.6. The largest absolute Gasteiger partial charge is 0.457 e. The maximum atomic E-state index is 6.69. The van der Waals surface area contributed by atoms with E-state index in [1.54, 1.807) is 11.3 Å². The standard InChI is InChI=1S/C55H32N2OS/c1-2-15-37-32-46-42(31-36(37)14-1)50-41(20-12-23-45(50)55(46)43-21-6-8-24-47(43)58-48-25-9-7-22-44(48)55)52-53-51(40-18-5-10-26-49(40)59-53)56-54(57-52)35-29-27-34(28-30-35)39-19-11-16-33-13-3-4-17-38(33)39/h1-32H. The van der Waals surface area contributed by atoms with E-state index in [-0.39, 0.29) is 0 Å². The molecule has 0 saturated heterocycles. The molecule has 0 unspecified atom stereocenters. The molecule has 3 nitrogen and oxygen atoms in total. The highest BCUT2D eigenvalue weighted by atomic mass is 32.1. The van der Waals surface area contributed by atoms with Gasteiger partial charge in [-0.3, -0.25) is 0 Å². The monoisotopic (exact) mass is 768 g/mol. The third-order valence-corrected chi connectivity index (χ3v) is 13.7. The van der Waals surface area contributed by atoms with Crippen LogP contribution in [0.3, 0.4) is 0 Å². The Bertz CT molecular complexity index is 3500. The van der Waals surface area contributed by atoms with Crippen LogP contribution in [0.5, 0.6) is 11.5 Å². The van der Waals surface area contributed by atoms with Crippen molar-refractivity contribution >= 4 is 53.2 Å². The molecule has 9 aromatic carbocycles. The van der Waals surface area contributed by atoms with Gasteiger partial charge in [0.15, 0.2) is 5.82 Å². The van der Waals surface area contributed by atoms with Gasteiger partial charge in [0.05, 0.1) is 21.3 Å². The van der Waals surface area contributed by atoms with E-state index in [9.17, 15) is 0 Å². The molecule has 0 radical (unpaired) electrons. The minimum atomic E-state index is -0.608. The average Bonchev–Trinajstić information content (AvgIpc) is 3.81. The Labute approximate surface area is 344 Å². The number of hydrogen-bond donors (Lipinski definition) is 0. The summed E-state index contributed by atoms with van der Waals surface area (Å²) < 4.78 is 8.98. The van der Waals surface area contributed by atoms with E-state index in [4.69, 9.17) is 14.7 Å². The lowest BCUT2D eigenvalue weighted by Crippen LogP contribution is -2.32. The van der Waals surface area contributed by atoms with Gasteiger partial charge in [-0.05, 0) is 85.3 Å². The molecule has 2 aromatic heterocycles. The van der Waals surface area contributed by atoms with E-state index in [1.807, 2.05) is 0 Å². The molecule has 274 valence electrons. The number of hydrogen-bond acceptors (Lipinski definition) is 4. The quantitative estimate of drug-likeness (QED) is 0.180. The second-order valence-electron chi connectivity index (χ2n) is 15.6. The zero-order valence-corrected chi connectivity index (χ0v) is 32.5. The molecule has 11 aromatic rings. The van der Waals surface area contributed by atoms with Gasteiger partial charge >= 0.3 is 0 Å². The highest BCUT2D eigenvalue weighted by Gasteiger charge is 2.52. The van der Waals surface area contributed by atoms with Gasteiger partial charge in [0.2, 0.25) is 0 Å². The maximum Gasteiger partial charge on any atom is 0.160 e. The molecule has 2 aliphatic rings. The maximum absolute atomic E-state index is 6.69. The van der Waals surface area contributed by atoms with Crippen LogP contribution in [-0.4, -0.2) is 9.97 Å². The van der Waals surface area contributed by atoms with E-state index in [0.717, 1.165) is 55.0 Å². The molecule has 0 fully saturated rings. The number of ether oxygens (including phenoxy) is 1. The predicted molar refractivity (Wildman–Crippen MR) is 244 cm³/mol. The van der Waals surface area contributed by atoms with E-state index >= 15 is 0 Å². The van der Waals surface area contributed by atoms with Crippen LogP contribution in [0, 0.1) is 0 Å². The van der Waals surface area contributed by atoms with Crippen molar-refractivity contribution in [3.8, 4) is 56.4 Å². The van der Waals surface area contributed by atoms with Crippen molar-refractivity contribution in [2.45, 2.75) is 5.41 Å². The first-order valence-electron chi connectivity index (χ1n) is 20.1. The van der Waals surface area contributed by atoms with Crippen molar-refractivity contribution in [1.82, 2.24) is 9.97 Å². The Morgan fingerprint density at radius 3 is 1.81 bits per heavy atom. The number of aromatic nitrogens is 2. The molecule has 0 amide bonds. The van der Waals surface area contributed by atoms with E-state index in [0.29, 0.717) is 5.82 Å². The fourth-order valence-electron chi connectivity index (χ4n) is 10.0. The third-order valence-electron chi connectivity index (χ3n) is 12.5. The van der Waals surface area contributed by atoms with E-state index < -0.39 is 5.41 Å². The summed E-state index contributed by atoms with van der Waals surface area (Å²) in [6.45, 7) is 0. The fourth-order valence-corrected chi connectivity index (χ4v) is 11.2. The Kier molecular flexibility index (Phi) is 6.81. The number of rotatable bonds is 3. The molecule has 1 aliphatic carbocycles. The molecule has 0 bridgehead atoms. The van der Waals surface area contributed by atoms with E-state index in [2.05, 4.69) is 194 Å². The molecule has 0 saturated carbocycles. The van der Waals surface area contributed by atoms with Crippen molar-refractivity contribution in [3.63, 3.8) is 0 Å². The first-order valence-corrected chi connectivity index (χ1v) is 20.9. The SMILES string of the molecule is c1ccc2c(c1)Oc1ccccc1C21c2cc3ccccc3cc2-c2c(-c3nc(-c4ccc(-c5cccc6ccccc56)cc4)nc4c3sc3ccccc34)cccc21. The van der Waals surface area contributed by atoms with Gasteiger partial charge in [0.1, 0.15) is 11.5 Å². The summed E-state index contributed by atoms with van der Waals surface area (Å²) in [5.41, 5.74) is 13.0. The number of nitrogens with zero attached hydrogens (tertiary/aromatic N) is 2. The van der Waals surface area contributed by atoms with Crippen LogP contribution in [0.1, 0.15) is 22.3 Å². The summed E-state index contributed by atoms with van der Waals surface area (Å²) in [6, 6.07) is 70.0. The minimum absolute atomic E-state index is 0.608. The lowest BCUT2D eigenvalue weighted by Gasteiger charge is -2.39. The average molecular weight is 769 g/mol. The smallest absolute Gasteiger partial charge is 0.160 e. The summed E-state index contributed by atoms with van der Waals surface area (Å²) in [4.78, 5) is 11.0. The van der Waals surface area contributed by atoms with Crippen molar-refractivity contribution in [2.24, 2.45) is 0 Å². The van der Waals surface area contributed by atoms with Gasteiger partial charge in [-0.2, -0.15) is 0 Å². The molecule has 1 spiro atoms. The lowest BCUT2D eigenvalue weighted by atomic mass is 9.66. The first-order chi connectivity index (χ1) is 29.2.